The van der Waals surface area contributed by atoms with Crippen LogP contribution in [0.1, 0.15) is 22.3 Å². The first-order chi connectivity index (χ1) is 33.2. The van der Waals surface area contributed by atoms with Crippen molar-refractivity contribution in [2.24, 2.45) is 0 Å². The van der Waals surface area contributed by atoms with Gasteiger partial charge in [0.15, 0.2) is 0 Å². The average molecular weight is 854 g/mol. The number of hydrogen-bond acceptors (Lipinski definition) is 2. The number of fused-ring (bicyclic) bond motifs is 9. The maximum absolute atomic E-state index is 7.22. The second-order valence-corrected chi connectivity index (χ2v) is 17.6. The molecular formula is C65H43NO. The predicted octanol–water partition coefficient (Wildman–Crippen LogP) is 17.4. The largest absolute Gasteiger partial charge is 0.456 e. The minimum absolute atomic E-state index is 0.543. The lowest BCUT2D eigenvalue weighted by molar-refractivity contribution is 0.488. The van der Waals surface area contributed by atoms with Gasteiger partial charge in [-0.15, -0.1) is 0 Å². The summed E-state index contributed by atoms with van der Waals surface area (Å²) in [7, 11) is 0. The molecule has 13 rings (SSSR count). The lowest BCUT2D eigenvalue weighted by Gasteiger charge is -2.35. The zero-order valence-corrected chi connectivity index (χ0v) is 36.7. The molecule has 0 saturated carbocycles. The third kappa shape index (κ3) is 6.33. The van der Waals surface area contributed by atoms with E-state index in [1.807, 2.05) is 0 Å². The molecule has 0 saturated heterocycles. The summed E-state index contributed by atoms with van der Waals surface area (Å²) in [4.78, 5) is 2.40. The van der Waals surface area contributed by atoms with Gasteiger partial charge in [0.1, 0.15) is 11.5 Å². The molecule has 0 aromatic heterocycles. The van der Waals surface area contributed by atoms with E-state index >= 15 is 0 Å². The van der Waals surface area contributed by atoms with Crippen LogP contribution in [0.4, 0.5) is 17.1 Å². The molecule has 0 unspecified atom stereocenters. The predicted molar refractivity (Wildman–Crippen MR) is 278 cm³/mol. The van der Waals surface area contributed by atoms with Crippen molar-refractivity contribution in [3.63, 3.8) is 0 Å². The van der Waals surface area contributed by atoms with Crippen LogP contribution in [-0.4, -0.2) is 0 Å². The average Bonchev–Trinajstić information content (AvgIpc) is 3.62. The van der Waals surface area contributed by atoms with E-state index in [1.54, 1.807) is 0 Å². The van der Waals surface area contributed by atoms with Crippen LogP contribution >= 0.6 is 0 Å². The molecule has 2 aliphatic rings. The normalized spacial score (nSPS) is 12.7. The highest BCUT2D eigenvalue weighted by Crippen LogP contribution is 2.58. The van der Waals surface area contributed by atoms with Gasteiger partial charge in [0.05, 0.1) is 5.41 Å². The Morgan fingerprint density at radius 2 is 0.746 bits per heavy atom. The van der Waals surface area contributed by atoms with Gasteiger partial charge in [-0.05, 0) is 132 Å². The summed E-state index contributed by atoms with van der Waals surface area (Å²) in [6, 6.07) is 95.0. The van der Waals surface area contributed by atoms with Crippen molar-refractivity contribution in [3.8, 4) is 67.1 Å². The van der Waals surface area contributed by atoms with E-state index in [4.69, 9.17) is 4.74 Å². The minimum Gasteiger partial charge on any atom is -0.456 e. The molecule has 1 aliphatic carbocycles. The van der Waals surface area contributed by atoms with E-state index in [0.717, 1.165) is 56.2 Å². The molecule has 0 fully saturated rings. The van der Waals surface area contributed by atoms with Gasteiger partial charge >= 0.3 is 0 Å². The van der Waals surface area contributed by atoms with Gasteiger partial charge in [-0.3, -0.25) is 0 Å². The van der Waals surface area contributed by atoms with Crippen molar-refractivity contribution in [1.82, 2.24) is 0 Å². The zero-order chi connectivity index (χ0) is 44.3. The van der Waals surface area contributed by atoms with Crippen LogP contribution in [0, 0.1) is 0 Å². The molecule has 1 aliphatic heterocycles. The molecule has 0 spiro atoms. The molecule has 11 aromatic carbocycles. The fourth-order valence-electron chi connectivity index (χ4n) is 10.9. The third-order valence-corrected chi connectivity index (χ3v) is 13.9. The molecule has 2 heteroatoms. The van der Waals surface area contributed by atoms with Crippen molar-refractivity contribution in [2.45, 2.75) is 5.41 Å². The summed E-state index contributed by atoms with van der Waals surface area (Å²) in [6.07, 6.45) is 0. The molecule has 0 bridgehead atoms. The van der Waals surface area contributed by atoms with Crippen LogP contribution in [0.25, 0.3) is 66.4 Å². The molecule has 0 radical (unpaired) electrons. The first-order valence-electron chi connectivity index (χ1n) is 23.1. The van der Waals surface area contributed by atoms with Crippen molar-refractivity contribution in [3.05, 3.63) is 283 Å². The Kier molecular flexibility index (Phi) is 9.11. The number of anilines is 3. The molecule has 1 heterocycles. The smallest absolute Gasteiger partial charge is 0.137 e. The van der Waals surface area contributed by atoms with Gasteiger partial charge in [-0.1, -0.05) is 200 Å². The number of ether oxygens (including phenoxy) is 1. The van der Waals surface area contributed by atoms with E-state index in [1.165, 1.54) is 61.0 Å². The van der Waals surface area contributed by atoms with Crippen molar-refractivity contribution < 1.29 is 4.74 Å². The first kappa shape index (κ1) is 38.7. The summed E-state index contributed by atoms with van der Waals surface area (Å²) in [5.74, 6) is 1.65. The van der Waals surface area contributed by atoms with Gasteiger partial charge < -0.3 is 9.64 Å². The number of hydrogen-bond donors (Lipinski definition) is 0. The van der Waals surface area contributed by atoms with E-state index in [0.29, 0.717) is 0 Å². The van der Waals surface area contributed by atoms with E-state index < -0.39 is 5.41 Å². The molecule has 67 heavy (non-hydrogen) atoms. The minimum atomic E-state index is -0.543. The summed E-state index contributed by atoms with van der Waals surface area (Å²) in [6.45, 7) is 0. The van der Waals surface area contributed by atoms with Crippen molar-refractivity contribution in [2.75, 3.05) is 4.90 Å². The SMILES string of the molecule is c1ccc(-c2ccc(N(c3ccc4c(c3)Oc3cc5ccccc5cc3-c3cc(-c5ccccc5)ccc3-4)c3ccc4c(c3)C(c3ccccc3)(c3ccccc3)c3ccccc3-4)cc2)cc1. The Bertz CT molecular complexity index is 3600. The molecule has 11 aromatic rings. The monoisotopic (exact) mass is 853 g/mol. The Labute approximate surface area is 391 Å². The van der Waals surface area contributed by atoms with Crippen LogP contribution < -0.4 is 9.64 Å². The first-order valence-corrected chi connectivity index (χ1v) is 23.1. The van der Waals surface area contributed by atoms with Crippen molar-refractivity contribution in [1.29, 1.82) is 0 Å². The van der Waals surface area contributed by atoms with Crippen LogP contribution in [0.5, 0.6) is 11.5 Å². The summed E-state index contributed by atoms with van der Waals surface area (Å²) >= 11 is 0. The fourth-order valence-corrected chi connectivity index (χ4v) is 10.9. The summed E-state index contributed by atoms with van der Waals surface area (Å²) in [5, 5.41) is 2.32. The van der Waals surface area contributed by atoms with Gasteiger partial charge in [0.25, 0.3) is 0 Å². The van der Waals surface area contributed by atoms with Crippen LogP contribution in [0.3, 0.4) is 0 Å². The standard InChI is InChI=1S/C65H43NO/c1-5-17-44(18-6-1)46-29-32-52(33-30-46)66(53-34-37-57-56-27-15-16-28-61(56)65(62(57)42-53,50-23-9-3-10-24-50)51-25-11-4-12-26-51)54-35-38-58-55-36-31-49(45-19-7-2-8-20-45)39-59(55)60-40-47-21-13-14-22-48(47)41-63(60)67-64(58)43-54/h1-43H. The molecule has 0 N–H and O–H groups in total. The quantitative estimate of drug-likeness (QED) is 0.158. The van der Waals surface area contributed by atoms with Gasteiger partial charge in [-0.2, -0.15) is 0 Å². The maximum atomic E-state index is 7.22. The van der Waals surface area contributed by atoms with Crippen LogP contribution in [0.2, 0.25) is 0 Å². The highest BCUT2D eigenvalue weighted by molar-refractivity contribution is 5.99. The molecule has 2 nitrogen and oxygen atoms in total. The molecular weight excluding hydrogens is 811 g/mol. The summed E-state index contributed by atoms with van der Waals surface area (Å²) in [5.41, 5.74) is 19.2. The number of benzene rings is 11. The Hall–Kier alpha value is -8.72. The van der Waals surface area contributed by atoms with E-state index in [-0.39, 0.29) is 0 Å². The highest BCUT2D eigenvalue weighted by atomic mass is 16.5. The lowest BCUT2D eigenvalue weighted by atomic mass is 9.67. The fraction of sp³-hybridized carbons (Fsp3) is 0.0154. The van der Waals surface area contributed by atoms with E-state index in [9.17, 15) is 0 Å². The highest BCUT2D eigenvalue weighted by Gasteiger charge is 2.46. The van der Waals surface area contributed by atoms with Gasteiger partial charge in [0, 0.05) is 34.3 Å². The molecule has 0 amide bonds. The second kappa shape index (κ2) is 15.8. The third-order valence-electron chi connectivity index (χ3n) is 13.9. The Morgan fingerprint density at radius 1 is 0.269 bits per heavy atom. The number of nitrogens with zero attached hydrogens (tertiary/aromatic N) is 1. The van der Waals surface area contributed by atoms with Crippen LogP contribution in [-0.2, 0) is 5.41 Å². The van der Waals surface area contributed by atoms with Crippen LogP contribution in [0.15, 0.2) is 261 Å². The van der Waals surface area contributed by atoms with E-state index in [2.05, 4.69) is 266 Å². The zero-order valence-electron chi connectivity index (χ0n) is 36.7. The molecule has 314 valence electrons. The summed E-state index contributed by atoms with van der Waals surface area (Å²) < 4.78 is 7.22. The maximum Gasteiger partial charge on any atom is 0.137 e. The van der Waals surface area contributed by atoms with Gasteiger partial charge in [-0.25, -0.2) is 0 Å². The topological polar surface area (TPSA) is 12.5 Å². The second-order valence-electron chi connectivity index (χ2n) is 17.6. The Morgan fingerprint density at radius 3 is 1.43 bits per heavy atom. The Balaban J connectivity index is 1.03. The lowest BCUT2D eigenvalue weighted by Crippen LogP contribution is -2.28. The molecule has 0 atom stereocenters. The van der Waals surface area contributed by atoms with Gasteiger partial charge in [0.2, 0.25) is 0 Å². The number of rotatable bonds is 7. The van der Waals surface area contributed by atoms with Crippen molar-refractivity contribution >= 4 is 27.8 Å².